The van der Waals surface area contributed by atoms with Crippen molar-refractivity contribution in [3.63, 3.8) is 0 Å². The molecule has 0 aromatic carbocycles. The van der Waals surface area contributed by atoms with Gasteiger partial charge in [-0.05, 0) is 19.5 Å². The Hall–Kier alpha value is -0.180. The predicted molar refractivity (Wildman–Crippen MR) is 24.6 cm³/mol. The normalized spacial score (nSPS) is 16.3. The molecule has 0 bridgehead atoms. The lowest BCUT2D eigenvalue weighted by molar-refractivity contribution is 0.295. The molecule has 1 aliphatic heterocycles. The smallest absolute Gasteiger partial charge is 0.229 e. The Morgan fingerprint density at radius 3 is 1.43 bits per heavy atom. The van der Waals surface area contributed by atoms with Gasteiger partial charge in [0.2, 0.25) is 6.93 Å². The van der Waals surface area contributed by atoms with Crippen molar-refractivity contribution in [2.24, 2.45) is 0 Å². The molecule has 1 aliphatic rings. The molecule has 1 N–H and O–H groups in total. The summed E-state index contributed by atoms with van der Waals surface area (Å²) in [7, 11) is 0. The van der Waals surface area contributed by atoms with E-state index in [0.717, 1.165) is 0 Å². The maximum Gasteiger partial charge on any atom is 0.229 e. The number of hydrogen-bond acceptors (Lipinski definition) is 1. The molecule has 7 heavy (non-hydrogen) atoms. The summed E-state index contributed by atoms with van der Waals surface area (Å²) in [5.41, 5.74) is 0. The van der Waals surface area contributed by atoms with Gasteiger partial charge in [0.15, 0.2) is 0 Å². The van der Waals surface area contributed by atoms with Crippen LogP contribution < -0.4 is 5.32 Å². The van der Waals surface area contributed by atoms with Crippen molar-refractivity contribution in [1.82, 2.24) is 5.32 Å². The van der Waals surface area contributed by atoms with E-state index in [-0.39, 0.29) is 0 Å². The highest BCUT2D eigenvalue weighted by Gasteiger charge is 1.92. The molecule has 1 rings (SSSR count). The van der Waals surface area contributed by atoms with Crippen LogP contribution in [-0.2, 0) is 0 Å². The molecule has 0 atom stereocenters. The lowest BCUT2D eigenvalue weighted by atomic mass is 10.3. The van der Waals surface area contributed by atoms with E-state index < -0.39 is 6.93 Å². The first-order valence-corrected chi connectivity index (χ1v) is 2.24. The fraction of sp³-hybridized carbons (Fsp3) is 1.00. The van der Waals surface area contributed by atoms with Gasteiger partial charge in [0.1, 0.15) is 0 Å². The highest BCUT2D eigenvalue weighted by molar-refractivity contribution is 4.56. The van der Waals surface area contributed by atoms with Crippen molar-refractivity contribution < 1.29 is 8.78 Å². The average molecular weight is 109 g/mol. The fourth-order valence-corrected chi connectivity index (χ4v) is 0.177. The van der Waals surface area contributed by atoms with Gasteiger partial charge in [-0.25, -0.2) is 8.78 Å². The van der Waals surface area contributed by atoms with Crippen LogP contribution in [0.15, 0.2) is 0 Å². The fourth-order valence-electron chi connectivity index (χ4n) is 0.177. The minimum absolute atomic E-state index is 1.25. The number of rotatable bonds is 0. The summed E-state index contributed by atoms with van der Waals surface area (Å²) in [5.74, 6) is 0. The molecule has 1 nitrogen and oxygen atoms in total. The van der Waals surface area contributed by atoms with Crippen molar-refractivity contribution >= 4 is 0 Å². The standard InChI is InChI=1S/C3H7N.CH2F2/c1-2-4-3-1;2-1-3/h4H,1-3H2;1H2. The molecule has 0 unspecified atom stereocenters. The van der Waals surface area contributed by atoms with E-state index in [1.165, 1.54) is 19.5 Å². The van der Waals surface area contributed by atoms with Crippen molar-refractivity contribution in [3.05, 3.63) is 0 Å². The third-order valence-electron chi connectivity index (χ3n) is 0.707. The van der Waals surface area contributed by atoms with Gasteiger partial charge in [0, 0.05) is 0 Å². The molecule has 0 aromatic heterocycles. The molecular weight excluding hydrogens is 100 g/mol. The zero-order valence-electron chi connectivity index (χ0n) is 4.08. The van der Waals surface area contributed by atoms with E-state index >= 15 is 0 Å². The summed E-state index contributed by atoms with van der Waals surface area (Å²) >= 11 is 0. The van der Waals surface area contributed by atoms with E-state index in [2.05, 4.69) is 5.32 Å². The van der Waals surface area contributed by atoms with E-state index in [4.69, 9.17) is 0 Å². The van der Waals surface area contributed by atoms with Gasteiger partial charge in [-0.2, -0.15) is 0 Å². The average Bonchev–Trinajstić information content (AvgIpc) is 1.27. The quantitative estimate of drug-likeness (QED) is 0.486. The zero-order chi connectivity index (χ0) is 5.54. The topological polar surface area (TPSA) is 12.0 Å². The van der Waals surface area contributed by atoms with Crippen molar-refractivity contribution in [3.8, 4) is 0 Å². The SMILES string of the molecule is C1CNC1.FCF. The lowest BCUT2D eigenvalue weighted by Gasteiger charge is -2.09. The van der Waals surface area contributed by atoms with Crippen LogP contribution in [0.2, 0.25) is 0 Å². The monoisotopic (exact) mass is 109 g/mol. The van der Waals surface area contributed by atoms with Crippen LogP contribution >= 0.6 is 0 Å². The van der Waals surface area contributed by atoms with Crippen LogP contribution in [0.3, 0.4) is 0 Å². The first-order chi connectivity index (χ1) is 3.41. The Bertz CT molecular complexity index is 24.9. The Morgan fingerprint density at radius 2 is 1.43 bits per heavy atom. The minimum Gasteiger partial charge on any atom is -0.317 e. The largest absolute Gasteiger partial charge is 0.317 e. The summed E-state index contributed by atoms with van der Waals surface area (Å²) < 4.78 is 19.2. The molecule has 44 valence electrons. The van der Waals surface area contributed by atoms with Gasteiger partial charge in [0.05, 0.1) is 0 Å². The maximum absolute atomic E-state index is 9.62. The summed E-state index contributed by atoms with van der Waals surface area (Å²) in [6.07, 6.45) is 1.39. The molecule has 0 amide bonds. The second kappa shape index (κ2) is 5.82. The van der Waals surface area contributed by atoms with Crippen LogP contribution in [0.25, 0.3) is 0 Å². The number of hydrogen-bond donors (Lipinski definition) is 1. The number of alkyl halides is 2. The molecule has 1 fully saturated rings. The van der Waals surface area contributed by atoms with Crippen molar-refractivity contribution in [1.29, 1.82) is 0 Å². The van der Waals surface area contributed by atoms with Crippen LogP contribution in [0.4, 0.5) is 8.78 Å². The molecule has 0 spiro atoms. The van der Waals surface area contributed by atoms with Gasteiger partial charge < -0.3 is 5.32 Å². The van der Waals surface area contributed by atoms with Crippen LogP contribution in [0, 0.1) is 0 Å². The molecular formula is C4H9F2N. The van der Waals surface area contributed by atoms with Crippen LogP contribution in [0.5, 0.6) is 0 Å². The summed E-state index contributed by atoms with van der Waals surface area (Å²) in [5, 5.41) is 3.11. The van der Waals surface area contributed by atoms with Crippen LogP contribution in [0.1, 0.15) is 6.42 Å². The first kappa shape index (κ1) is 6.82. The molecule has 1 heterocycles. The first-order valence-electron chi connectivity index (χ1n) is 2.24. The lowest BCUT2D eigenvalue weighted by Crippen LogP contribution is -2.29. The van der Waals surface area contributed by atoms with Crippen molar-refractivity contribution in [2.75, 3.05) is 20.0 Å². The molecule has 1 saturated heterocycles. The Kier molecular flexibility index (Phi) is 5.67. The Morgan fingerprint density at radius 1 is 1.29 bits per heavy atom. The summed E-state index contributed by atoms with van der Waals surface area (Å²) in [6.45, 7) is 0.750. The highest BCUT2D eigenvalue weighted by atomic mass is 19.3. The molecule has 0 aromatic rings. The van der Waals surface area contributed by atoms with E-state index in [1.807, 2.05) is 0 Å². The third-order valence-corrected chi connectivity index (χ3v) is 0.707. The molecule has 3 heteroatoms. The van der Waals surface area contributed by atoms with Gasteiger partial charge in [-0.3, -0.25) is 0 Å². The van der Waals surface area contributed by atoms with Crippen LogP contribution in [-0.4, -0.2) is 20.0 Å². The van der Waals surface area contributed by atoms with Gasteiger partial charge >= 0.3 is 0 Å². The van der Waals surface area contributed by atoms with E-state index in [0.29, 0.717) is 0 Å². The van der Waals surface area contributed by atoms with Gasteiger partial charge in [0.25, 0.3) is 0 Å². The molecule has 0 radical (unpaired) electrons. The third kappa shape index (κ3) is 5.82. The van der Waals surface area contributed by atoms with Gasteiger partial charge in [-0.15, -0.1) is 0 Å². The second-order valence-electron chi connectivity index (χ2n) is 1.20. The number of halogens is 2. The van der Waals surface area contributed by atoms with E-state index in [1.54, 1.807) is 0 Å². The Labute approximate surface area is 41.7 Å². The predicted octanol–water partition coefficient (Wildman–Crippen LogP) is 0.863. The summed E-state index contributed by atoms with van der Waals surface area (Å²) in [6, 6.07) is 0. The van der Waals surface area contributed by atoms with Gasteiger partial charge in [-0.1, -0.05) is 0 Å². The maximum atomic E-state index is 9.62. The minimum atomic E-state index is -1.75. The van der Waals surface area contributed by atoms with Crippen molar-refractivity contribution in [2.45, 2.75) is 6.42 Å². The second-order valence-corrected chi connectivity index (χ2v) is 1.20. The molecule has 0 saturated carbocycles. The zero-order valence-corrected chi connectivity index (χ0v) is 4.08. The van der Waals surface area contributed by atoms with E-state index in [9.17, 15) is 8.78 Å². The Balaban J connectivity index is 0.000000110. The highest BCUT2D eigenvalue weighted by Crippen LogP contribution is 1.80. The number of nitrogens with one attached hydrogen (secondary N) is 1. The molecule has 0 aliphatic carbocycles. The summed E-state index contributed by atoms with van der Waals surface area (Å²) in [4.78, 5) is 0.